The number of carbonyl (C=O) groups excluding carboxylic acids is 2. The summed E-state index contributed by atoms with van der Waals surface area (Å²) in [6.07, 6.45) is 3.17. The lowest BCUT2D eigenvalue weighted by Crippen LogP contribution is -2.37. The Morgan fingerprint density at radius 1 is 1.12 bits per heavy atom. The van der Waals surface area contributed by atoms with Gasteiger partial charge in [-0.3, -0.25) is 14.5 Å². The summed E-state index contributed by atoms with van der Waals surface area (Å²) in [5.41, 5.74) is 4.56. The van der Waals surface area contributed by atoms with E-state index >= 15 is 0 Å². The third-order valence-corrected chi connectivity index (χ3v) is 4.98. The highest BCUT2D eigenvalue weighted by Gasteiger charge is 2.30. The van der Waals surface area contributed by atoms with Gasteiger partial charge in [-0.15, -0.1) is 0 Å². The fourth-order valence-electron chi connectivity index (χ4n) is 3.64. The molecule has 0 bridgehead atoms. The molecule has 0 unspecified atom stereocenters. The van der Waals surface area contributed by atoms with Gasteiger partial charge in [-0.25, -0.2) is 5.43 Å². The number of benzene rings is 3. The third-order valence-electron chi connectivity index (χ3n) is 4.98. The van der Waals surface area contributed by atoms with Crippen molar-refractivity contribution in [2.24, 2.45) is 5.10 Å². The standard InChI is InChI=1S/C25H23N3O4/c1-3-13-32-21-12-11-17(14-22(21)31-4-2)15-26-27-23(29)16-28-20-10-6-8-18-7-5-9-19(24(18)20)25(28)30/h3,5-12,14-15H,1,4,13,16H2,2H3,(H,27,29)/b26-15-. The number of rotatable bonds is 9. The number of hydrogen-bond acceptors (Lipinski definition) is 5. The quantitative estimate of drug-likeness (QED) is 0.318. The van der Waals surface area contributed by atoms with Gasteiger partial charge in [0, 0.05) is 10.9 Å². The molecule has 2 amide bonds. The van der Waals surface area contributed by atoms with Gasteiger partial charge in [-0.05, 0) is 48.2 Å². The van der Waals surface area contributed by atoms with Gasteiger partial charge < -0.3 is 9.47 Å². The summed E-state index contributed by atoms with van der Waals surface area (Å²) in [5.74, 6) is 0.607. The van der Waals surface area contributed by atoms with Gasteiger partial charge in [0.15, 0.2) is 11.5 Å². The Balaban J connectivity index is 1.42. The third kappa shape index (κ3) is 4.18. The van der Waals surface area contributed by atoms with Crippen molar-refractivity contribution in [2.75, 3.05) is 24.7 Å². The predicted molar refractivity (Wildman–Crippen MR) is 125 cm³/mol. The number of nitrogens with zero attached hydrogens (tertiary/aromatic N) is 2. The van der Waals surface area contributed by atoms with E-state index in [4.69, 9.17) is 9.47 Å². The van der Waals surface area contributed by atoms with Crippen molar-refractivity contribution in [1.82, 2.24) is 5.43 Å². The molecule has 0 fully saturated rings. The number of anilines is 1. The monoisotopic (exact) mass is 429 g/mol. The normalized spacial score (nSPS) is 12.4. The zero-order valence-electron chi connectivity index (χ0n) is 17.7. The highest BCUT2D eigenvalue weighted by atomic mass is 16.5. The fourth-order valence-corrected chi connectivity index (χ4v) is 3.64. The molecule has 0 spiro atoms. The first kappa shape index (κ1) is 21.1. The second kappa shape index (κ2) is 9.34. The fraction of sp³-hybridized carbons (Fsp3) is 0.160. The molecule has 162 valence electrons. The molecule has 1 heterocycles. The number of hydrazone groups is 1. The van der Waals surface area contributed by atoms with Crippen LogP contribution in [-0.2, 0) is 4.79 Å². The second-order valence-electron chi connectivity index (χ2n) is 7.10. The SMILES string of the molecule is C=CCOc1ccc(/C=N\NC(=O)CN2C(=O)c3cccc4cccc2c34)cc1OCC. The Morgan fingerprint density at radius 3 is 2.72 bits per heavy atom. The van der Waals surface area contributed by atoms with E-state index in [1.807, 2.05) is 37.3 Å². The van der Waals surface area contributed by atoms with Crippen LogP contribution in [-0.4, -0.2) is 37.8 Å². The molecular formula is C25H23N3O4. The van der Waals surface area contributed by atoms with Crippen molar-refractivity contribution in [1.29, 1.82) is 0 Å². The lowest BCUT2D eigenvalue weighted by atomic mass is 10.1. The number of amides is 2. The Morgan fingerprint density at radius 2 is 1.94 bits per heavy atom. The minimum absolute atomic E-state index is 0.123. The van der Waals surface area contributed by atoms with Gasteiger partial charge in [0.2, 0.25) is 0 Å². The van der Waals surface area contributed by atoms with E-state index in [9.17, 15) is 9.59 Å². The van der Waals surface area contributed by atoms with Crippen LogP contribution in [0.4, 0.5) is 5.69 Å². The molecular weight excluding hydrogens is 406 g/mol. The Hall–Kier alpha value is -4.13. The Bertz CT molecular complexity index is 1210. The van der Waals surface area contributed by atoms with Crippen LogP contribution in [0.5, 0.6) is 11.5 Å². The number of nitrogens with one attached hydrogen (secondary N) is 1. The van der Waals surface area contributed by atoms with Gasteiger partial charge in [-0.1, -0.05) is 36.9 Å². The molecule has 0 aromatic heterocycles. The van der Waals surface area contributed by atoms with Crippen molar-refractivity contribution in [3.8, 4) is 11.5 Å². The zero-order chi connectivity index (χ0) is 22.5. The molecule has 7 heteroatoms. The molecule has 4 rings (SSSR count). The Kier molecular flexibility index (Phi) is 6.17. The highest BCUT2D eigenvalue weighted by Crippen LogP contribution is 2.36. The molecule has 0 radical (unpaired) electrons. The zero-order valence-corrected chi connectivity index (χ0v) is 17.7. The molecule has 0 saturated heterocycles. The summed E-state index contributed by atoms with van der Waals surface area (Å²) in [6.45, 7) is 6.26. The highest BCUT2D eigenvalue weighted by molar-refractivity contribution is 6.26. The van der Waals surface area contributed by atoms with Gasteiger partial charge in [0.25, 0.3) is 11.8 Å². The molecule has 7 nitrogen and oxygen atoms in total. The molecule has 3 aromatic rings. The van der Waals surface area contributed by atoms with Crippen molar-refractivity contribution in [3.05, 3.63) is 78.4 Å². The maximum absolute atomic E-state index is 12.8. The summed E-state index contributed by atoms with van der Waals surface area (Å²) >= 11 is 0. The van der Waals surface area contributed by atoms with Crippen molar-refractivity contribution in [3.63, 3.8) is 0 Å². The van der Waals surface area contributed by atoms with Crippen LogP contribution >= 0.6 is 0 Å². The number of carbonyl (C=O) groups is 2. The first-order valence-electron chi connectivity index (χ1n) is 10.3. The molecule has 3 aromatic carbocycles. The van der Waals surface area contributed by atoms with Gasteiger partial charge in [0.1, 0.15) is 13.2 Å². The topological polar surface area (TPSA) is 80.2 Å². The average molecular weight is 429 g/mol. The smallest absolute Gasteiger partial charge is 0.260 e. The largest absolute Gasteiger partial charge is 0.490 e. The lowest BCUT2D eigenvalue weighted by molar-refractivity contribution is -0.119. The van der Waals surface area contributed by atoms with Crippen molar-refractivity contribution in [2.45, 2.75) is 6.92 Å². The van der Waals surface area contributed by atoms with Crippen LogP contribution < -0.4 is 19.8 Å². The Labute approximate surface area is 185 Å². The molecule has 0 saturated carbocycles. The van der Waals surface area contributed by atoms with E-state index in [0.717, 1.165) is 22.0 Å². The van der Waals surface area contributed by atoms with Crippen LogP contribution in [0.1, 0.15) is 22.8 Å². The predicted octanol–water partition coefficient (Wildman–Crippen LogP) is 3.91. The molecule has 1 N–H and O–H groups in total. The molecule has 0 aliphatic carbocycles. The minimum Gasteiger partial charge on any atom is -0.490 e. The van der Waals surface area contributed by atoms with Crippen LogP contribution in [0.15, 0.2) is 72.4 Å². The summed E-state index contributed by atoms with van der Waals surface area (Å²) in [7, 11) is 0. The van der Waals surface area contributed by atoms with Crippen molar-refractivity contribution >= 4 is 34.5 Å². The van der Waals surface area contributed by atoms with E-state index in [2.05, 4.69) is 17.1 Å². The van der Waals surface area contributed by atoms with Gasteiger partial charge in [0.05, 0.1) is 18.5 Å². The van der Waals surface area contributed by atoms with E-state index < -0.39 is 5.91 Å². The maximum Gasteiger partial charge on any atom is 0.260 e. The first-order valence-corrected chi connectivity index (χ1v) is 10.3. The molecule has 32 heavy (non-hydrogen) atoms. The molecule has 0 atom stereocenters. The number of hydrogen-bond donors (Lipinski definition) is 1. The summed E-state index contributed by atoms with van der Waals surface area (Å²) in [6, 6.07) is 16.6. The van der Waals surface area contributed by atoms with Crippen LogP contribution in [0, 0.1) is 0 Å². The van der Waals surface area contributed by atoms with Crippen molar-refractivity contribution < 1.29 is 19.1 Å². The first-order chi connectivity index (χ1) is 15.6. The minimum atomic E-state index is -0.393. The average Bonchev–Trinajstić information content (AvgIpc) is 3.07. The van der Waals surface area contributed by atoms with E-state index in [1.54, 1.807) is 30.3 Å². The maximum atomic E-state index is 12.8. The summed E-state index contributed by atoms with van der Waals surface area (Å²) in [5, 5.41) is 5.87. The second-order valence-corrected chi connectivity index (χ2v) is 7.10. The molecule has 1 aliphatic heterocycles. The van der Waals surface area contributed by atoms with E-state index in [0.29, 0.717) is 30.3 Å². The van der Waals surface area contributed by atoms with Crippen LogP contribution in [0.2, 0.25) is 0 Å². The lowest BCUT2D eigenvalue weighted by Gasteiger charge is -2.16. The van der Waals surface area contributed by atoms with Crippen LogP contribution in [0.25, 0.3) is 10.8 Å². The summed E-state index contributed by atoms with van der Waals surface area (Å²) < 4.78 is 11.2. The van der Waals surface area contributed by atoms with Gasteiger partial charge in [-0.2, -0.15) is 5.10 Å². The van der Waals surface area contributed by atoms with E-state index in [1.165, 1.54) is 11.1 Å². The van der Waals surface area contributed by atoms with E-state index in [-0.39, 0.29) is 12.5 Å². The summed E-state index contributed by atoms with van der Waals surface area (Å²) in [4.78, 5) is 26.7. The molecule has 1 aliphatic rings. The van der Waals surface area contributed by atoms with Gasteiger partial charge >= 0.3 is 0 Å². The van der Waals surface area contributed by atoms with Crippen LogP contribution in [0.3, 0.4) is 0 Å². The number of ether oxygens (including phenoxy) is 2.